The lowest BCUT2D eigenvalue weighted by molar-refractivity contribution is 0.0537. The fourth-order valence-corrected chi connectivity index (χ4v) is 2.66. The SMILES string of the molecule is CONC(=O)c1ccc(N[C@@H](C)c2cc(C)ccc2C)c(C)c1. The second-order valence-electron chi connectivity index (χ2n) is 5.89. The molecule has 2 N–H and O–H groups in total. The van der Waals surface area contributed by atoms with Crippen LogP contribution in [0.15, 0.2) is 36.4 Å². The van der Waals surface area contributed by atoms with E-state index in [-0.39, 0.29) is 11.9 Å². The Morgan fingerprint density at radius 3 is 2.43 bits per heavy atom. The van der Waals surface area contributed by atoms with Crippen LogP contribution in [0, 0.1) is 20.8 Å². The van der Waals surface area contributed by atoms with Gasteiger partial charge in [-0.2, -0.15) is 0 Å². The van der Waals surface area contributed by atoms with E-state index in [0.717, 1.165) is 11.3 Å². The Morgan fingerprint density at radius 1 is 1.04 bits per heavy atom. The van der Waals surface area contributed by atoms with Gasteiger partial charge in [-0.05, 0) is 62.6 Å². The lowest BCUT2D eigenvalue weighted by atomic mass is 9.99. The third kappa shape index (κ3) is 4.11. The number of aryl methyl sites for hydroxylation is 3. The van der Waals surface area contributed by atoms with Crippen molar-refractivity contribution in [2.45, 2.75) is 33.7 Å². The van der Waals surface area contributed by atoms with Gasteiger partial charge in [-0.25, -0.2) is 5.48 Å². The Balaban J connectivity index is 2.19. The molecule has 0 heterocycles. The van der Waals surface area contributed by atoms with Gasteiger partial charge in [-0.3, -0.25) is 9.63 Å². The smallest absolute Gasteiger partial charge is 0.274 e. The Kier molecular flexibility index (Phi) is 5.40. The molecule has 1 amide bonds. The zero-order valence-electron chi connectivity index (χ0n) is 14.4. The molecular formula is C19H24N2O2. The van der Waals surface area contributed by atoms with E-state index in [1.165, 1.54) is 23.8 Å². The first-order valence-corrected chi connectivity index (χ1v) is 7.70. The van der Waals surface area contributed by atoms with Gasteiger partial charge in [-0.15, -0.1) is 0 Å². The summed E-state index contributed by atoms with van der Waals surface area (Å²) in [6, 6.07) is 12.2. The highest BCUT2D eigenvalue weighted by molar-refractivity contribution is 5.94. The zero-order valence-corrected chi connectivity index (χ0v) is 14.4. The summed E-state index contributed by atoms with van der Waals surface area (Å²) in [5, 5.41) is 3.53. The molecule has 2 aromatic rings. The molecule has 0 aliphatic carbocycles. The Morgan fingerprint density at radius 2 is 1.78 bits per heavy atom. The molecule has 23 heavy (non-hydrogen) atoms. The van der Waals surface area contributed by atoms with E-state index >= 15 is 0 Å². The third-order valence-electron chi connectivity index (χ3n) is 3.96. The summed E-state index contributed by atoms with van der Waals surface area (Å²) in [6.45, 7) is 8.36. The van der Waals surface area contributed by atoms with Gasteiger partial charge in [0.25, 0.3) is 5.91 Å². The second kappa shape index (κ2) is 7.29. The van der Waals surface area contributed by atoms with Crippen molar-refractivity contribution in [3.8, 4) is 0 Å². The van der Waals surface area contributed by atoms with Crippen molar-refractivity contribution in [2.75, 3.05) is 12.4 Å². The molecule has 1 atom stereocenters. The van der Waals surface area contributed by atoms with Crippen LogP contribution in [0.25, 0.3) is 0 Å². The molecular weight excluding hydrogens is 288 g/mol. The lowest BCUT2D eigenvalue weighted by Crippen LogP contribution is -2.22. The molecule has 4 nitrogen and oxygen atoms in total. The summed E-state index contributed by atoms with van der Waals surface area (Å²) in [5.41, 5.74) is 8.75. The van der Waals surface area contributed by atoms with Crippen molar-refractivity contribution in [3.05, 3.63) is 64.2 Å². The van der Waals surface area contributed by atoms with Crippen molar-refractivity contribution in [1.82, 2.24) is 5.48 Å². The van der Waals surface area contributed by atoms with Crippen LogP contribution < -0.4 is 10.8 Å². The van der Waals surface area contributed by atoms with Crippen LogP contribution in [0.2, 0.25) is 0 Å². The van der Waals surface area contributed by atoms with Gasteiger partial charge in [0.2, 0.25) is 0 Å². The first kappa shape index (κ1) is 17.0. The minimum absolute atomic E-state index is 0.187. The predicted molar refractivity (Wildman–Crippen MR) is 93.6 cm³/mol. The highest BCUT2D eigenvalue weighted by atomic mass is 16.6. The first-order chi connectivity index (χ1) is 10.9. The molecule has 0 spiro atoms. The molecule has 2 aromatic carbocycles. The minimum atomic E-state index is -0.246. The Hall–Kier alpha value is -2.33. The summed E-state index contributed by atoms with van der Waals surface area (Å²) in [5.74, 6) is -0.246. The highest BCUT2D eigenvalue weighted by Crippen LogP contribution is 2.25. The van der Waals surface area contributed by atoms with Crippen LogP contribution in [0.1, 0.15) is 45.6 Å². The maximum absolute atomic E-state index is 11.8. The van der Waals surface area contributed by atoms with E-state index in [4.69, 9.17) is 0 Å². The molecule has 0 bridgehead atoms. The second-order valence-corrected chi connectivity index (χ2v) is 5.89. The molecule has 0 radical (unpaired) electrons. The zero-order chi connectivity index (χ0) is 17.0. The van der Waals surface area contributed by atoms with Crippen molar-refractivity contribution in [2.24, 2.45) is 0 Å². The number of hydrogen-bond donors (Lipinski definition) is 2. The van der Waals surface area contributed by atoms with Crippen LogP contribution >= 0.6 is 0 Å². The van der Waals surface area contributed by atoms with Crippen LogP contribution in [-0.4, -0.2) is 13.0 Å². The van der Waals surface area contributed by atoms with E-state index in [1.807, 2.05) is 19.1 Å². The predicted octanol–water partition coefficient (Wildman–Crippen LogP) is 4.08. The number of hydroxylamine groups is 1. The third-order valence-corrected chi connectivity index (χ3v) is 3.96. The van der Waals surface area contributed by atoms with Crippen LogP contribution in [0.3, 0.4) is 0 Å². The number of rotatable bonds is 5. The van der Waals surface area contributed by atoms with Crippen LogP contribution in [-0.2, 0) is 4.84 Å². The monoisotopic (exact) mass is 312 g/mol. The maximum Gasteiger partial charge on any atom is 0.274 e. The van der Waals surface area contributed by atoms with Gasteiger partial charge < -0.3 is 5.32 Å². The van der Waals surface area contributed by atoms with E-state index in [9.17, 15) is 4.79 Å². The van der Waals surface area contributed by atoms with E-state index in [2.05, 4.69) is 54.6 Å². The molecule has 0 saturated heterocycles. The van der Waals surface area contributed by atoms with Gasteiger partial charge in [0, 0.05) is 17.3 Å². The molecule has 0 aliphatic heterocycles. The number of amides is 1. The lowest BCUT2D eigenvalue weighted by Gasteiger charge is -2.20. The van der Waals surface area contributed by atoms with Gasteiger partial charge in [0.1, 0.15) is 0 Å². The normalized spacial score (nSPS) is 11.9. The van der Waals surface area contributed by atoms with E-state index < -0.39 is 0 Å². The number of carbonyl (C=O) groups is 1. The van der Waals surface area contributed by atoms with Crippen LogP contribution in [0.4, 0.5) is 5.69 Å². The summed E-state index contributed by atoms with van der Waals surface area (Å²) in [7, 11) is 1.42. The summed E-state index contributed by atoms with van der Waals surface area (Å²) >= 11 is 0. The molecule has 0 unspecified atom stereocenters. The summed E-state index contributed by atoms with van der Waals surface area (Å²) in [4.78, 5) is 16.4. The highest BCUT2D eigenvalue weighted by Gasteiger charge is 2.12. The molecule has 0 saturated carbocycles. The standard InChI is InChI=1S/C19H24N2O2/c1-12-6-7-13(2)17(10-12)15(4)20-18-9-8-16(11-14(18)3)19(22)21-23-5/h6-11,15,20H,1-5H3,(H,21,22)/t15-/m0/s1. The molecule has 4 heteroatoms. The number of nitrogens with one attached hydrogen (secondary N) is 2. The first-order valence-electron chi connectivity index (χ1n) is 7.70. The number of hydrogen-bond acceptors (Lipinski definition) is 3. The maximum atomic E-state index is 11.8. The number of carbonyl (C=O) groups excluding carboxylic acids is 1. The summed E-state index contributed by atoms with van der Waals surface area (Å²) in [6.07, 6.45) is 0. The van der Waals surface area contributed by atoms with Crippen molar-refractivity contribution >= 4 is 11.6 Å². The molecule has 122 valence electrons. The average Bonchev–Trinajstić information content (AvgIpc) is 2.51. The van der Waals surface area contributed by atoms with Crippen molar-refractivity contribution < 1.29 is 9.63 Å². The van der Waals surface area contributed by atoms with E-state index in [1.54, 1.807) is 6.07 Å². The number of anilines is 1. The Bertz CT molecular complexity index is 711. The minimum Gasteiger partial charge on any atom is -0.378 e. The topological polar surface area (TPSA) is 50.4 Å². The van der Waals surface area contributed by atoms with Gasteiger partial charge in [0.15, 0.2) is 0 Å². The average molecular weight is 312 g/mol. The van der Waals surface area contributed by atoms with Gasteiger partial charge in [0.05, 0.1) is 7.11 Å². The van der Waals surface area contributed by atoms with Gasteiger partial charge >= 0.3 is 0 Å². The van der Waals surface area contributed by atoms with Crippen LogP contribution in [0.5, 0.6) is 0 Å². The fraction of sp³-hybridized carbons (Fsp3) is 0.316. The molecule has 0 aliphatic rings. The van der Waals surface area contributed by atoms with Crippen molar-refractivity contribution in [1.29, 1.82) is 0 Å². The summed E-state index contributed by atoms with van der Waals surface area (Å²) < 4.78 is 0. The van der Waals surface area contributed by atoms with Crippen molar-refractivity contribution in [3.63, 3.8) is 0 Å². The number of benzene rings is 2. The Labute approximate surface area is 137 Å². The quantitative estimate of drug-likeness (QED) is 0.818. The fourth-order valence-electron chi connectivity index (χ4n) is 2.66. The molecule has 2 rings (SSSR count). The largest absolute Gasteiger partial charge is 0.378 e. The molecule has 0 aromatic heterocycles. The van der Waals surface area contributed by atoms with E-state index in [0.29, 0.717) is 5.56 Å². The molecule has 0 fully saturated rings. The van der Waals surface area contributed by atoms with Gasteiger partial charge in [-0.1, -0.05) is 23.8 Å².